The van der Waals surface area contributed by atoms with Crippen molar-refractivity contribution in [3.05, 3.63) is 65.2 Å². The minimum atomic E-state index is 0.0895. The predicted molar refractivity (Wildman–Crippen MR) is 103 cm³/mol. The zero-order valence-electron chi connectivity index (χ0n) is 15.4. The van der Waals surface area contributed by atoms with Crippen molar-refractivity contribution in [3.63, 3.8) is 0 Å². The average Bonchev–Trinajstić information content (AvgIpc) is 3.20. The Morgan fingerprint density at radius 2 is 1.70 bits per heavy atom. The predicted octanol–water partition coefficient (Wildman–Crippen LogP) is 2.65. The molecule has 1 fully saturated rings. The molecule has 1 saturated heterocycles. The lowest BCUT2D eigenvalue weighted by Crippen LogP contribution is -2.49. The van der Waals surface area contributed by atoms with E-state index in [1.807, 2.05) is 53.4 Å². The number of hydrogen-bond acceptors (Lipinski definition) is 4. The highest BCUT2D eigenvalue weighted by Crippen LogP contribution is 2.26. The molecule has 5 nitrogen and oxygen atoms in total. The molecule has 0 saturated carbocycles. The minimum absolute atomic E-state index is 0.0895. The summed E-state index contributed by atoms with van der Waals surface area (Å²) in [7, 11) is 0. The van der Waals surface area contributed by atoms with Gasteiger partial charge in [0.15, 0.2) is 5.78 Å². The normalized spacial score (nSPS) is 16.7. The number of piperazine rings is 1. The number of fused-ring (bicyclic) bond motifs is 1. The van der Waals surface area contributed by atoms with Crippen LogP contribution in [0.1, 0.15) is 32.7 Å². The van der Waals surface area contributed by atoms with Crippen LogP contribution in [0.2, 0.25) is 0 Å². The Morgan fingerprint density at radius 1 is 0.926 bits per heavy atom. The molecule has 0 aromatic heterocycles. The van der Waals surface area contributed by atoms with Crippen LogP contribution in [0.15, 0.2) is 48.5 Å². The third kappa shape index (κ3) is 4.03. The van der Waals surface area contributed by atoms with Crippen LogP contribution in [0.25, 0.3) is 0 Å². The lowest BCUT2D eigenvalue weighted by Gasteiger charge is -2.34. The first-order valence-corrected chi connectivity index (χ1v) is 9.56. The van der Waals surface area contributed by atoms with E-state index < -0.39 is 0 Å². The summed E-state index contributed by atoms with van der Waals surface area (Å²) < 4.78 is 5.50. The third-order valence-electron chi connectivity index (χ3n) is 5.35. The fraction of sp³-hybridized carbons (Fsp3) is 0.364. The fourth-order valence-electron chi connectivity index (χ4n) is 3.70. The number of carbonyl (C=O) groups excluding carboxylic acids is 2. The second-order valence-corrected chi connectivity index (χ2v) is 7.09. The summed E-state index contributed by atoms with van der Waals surface area (Å²) in [6, 6.07) is 15.2. The summed E-state index contributed by atoms with van der Waals surface area (Å²) in [6.07, 6.45) is 1.39. The van der Waals surface area contributed by atoms with Crippen molar-refractivity contribution in [2.75, 3.05) is 39.3 Å². The Hall–Kier alpha value is -2.66. The van der Waals surface area contributed by atoms with Crippen LogP contribution in [-0.4, -0.2) is 60.8 Å². The van der Waals surface area contributed by atoms with E-state index in [2.05, 4.69) is 4.90 Å². The molecule has 0 N–H and O–H groups in total. The largest absolute Gasteiger partial charge is 0.493 e. The minimum Gasteiger partial charge on any atom is -0.493 e. The molecular formula is C22H24N2O3. The van der Waals surface area contributed by atoms with E-state index in [1.165, 1.54) is 0 Å². The fourth-order valence-corrected chi connectivity index (χ4v) is 3.70. The number of rotatable bonds is 5. The maximum absolute atomic E-state index is 12.5. The molecular weight excluding hydrogens is 340 g/mol. The van der Waals surface area contributed by atoms with Crippen LogP contribution in [0.3, 0.4) is 0 Å². The van der Waals surface area contributed by atoms with Gasteiger partial charge in [0.05, 0.1) is 6.61 Å². The van der Waals surface area contributed by atoms with Gasteiger partial charge in [-0.15, -0.1) is 0 Å². The van der Waals surface area contributed by atoms with Crippen molar-refractivity contribution in [1.29, 1.82) is 0 Å². The number of Topliss-reactive ketones (excluding diaryl/α,β-unsaturated/α-hetero) is 1. The lowest BCUT2D eigenvalue weighted by molar-refractivity contribution is 0.0628. The first kappa shape index (κ1) is 17.7. The van der Waals surface area contributed by atoms with Crippen molar-refractivity contribution in [3.8, 4) is 5.75 Å². The number of carbonyl (C=O) groups is 2. The Bertz CT molecular complexity index is 827. The van der Waals surface area contributed by atoms with E-state index in [0.717, 1.165) is 48.5 Å². The molecule has 0 aliphatic carbocycles. The summed E-state index contributed by atoms with van der Waals surface area (Å²) >= 11 is 0. The number of ether oxygens (including phenoxy) is 1. The second-order valence-electron chi connectivity index (χ2n) is 7.09. The molecule has 0 unspecified atom stereocenters. The van der Waals surface area contributed by atoms with Crippen molar-refractivity contribution in [2.24, 2.45) is 0 Å². The zero-order chi connectivity index (χ0) is 18.6. The lowest BCUT2D eigenvalue weighted by atomic mass is 10.0. The highest BCUT2D eigenvalue weighted by Gasteiger charge is 2.22. The van der Waals surface area contributed by atoms with Crippen molar-refractivity contribution >= 4 is 11.7 Å². The molecule has 0 radical (unpaired) electrons. The highest BCUT2D eigenvalue weighted by atomic mass is 16.5. The van der Waals surface area contributed by atoms with Gasteiger partial charge in [0, 0.05) is 56.7 Å². The monoisotopic (exact) mass is 364 g/mol. The van der Waals surface area contributed by atoms with E-state index >= 15 is 0 Å². The summed E-state index contributed by atoms with van der Waals surface area (Å²) in [4.78, 5) is 29.2. The van der Waals surface area contributed by atoms with Crippen molar-refractivity contribution < 1.29 is 14.3 Å². The van der Waals surface area contributed by atoms with Crippen LogP contribution in [-0.2, 0) is 6.42 Å². The van der Waals surface area contributed by atoms with Crippen LogP contribution < -0.4 is 4.74 Å². The molecule has 1 amide bonds. The molecule has 27 heavy (non-hydrogen) atoms. The molecule has 2 aromatic rings. The Morgan fingerprint density at radius 3 is 2.48 bits per heavy atom. The number of amides is 1. The molecule has 4 rings (SSSR count). The second kappa shape index (κ2) is 7.92. The van der Waals surface area contributed by atoms with Gasteiger partial charge in [-0.05, 0) is 35.9 Å². The van der Waals surface area contributed by atoms with Gasteiger partial charge < -0.3 is 9.64 Å². The van der Waals surface area contributed by atoms with Crippen LogP contribution in [0, 0.1) is 0 Å². The molecule has 5 heteroatoms. The quantitative estimate of drug-likeness (QED) is 0.766. The van der Waals surface area contributed by atoms with Crippen molar-refractivity contribution in [1.82, 2.24) is 9.80 Å². The maximum atomic E-state index is 12.5. The Labute approximate surface area is 159 Å². The average molecular weight is 364 g/mol. The summed E-state index contributed by atoms with van der Waals surface area (Å²) in [5.74, 6) is 1.17. The van der Waals surface area contributed by atoms with Gasteiger partial charge >= 0.3 is 0 Å². The molecule has 2 aliphatic heterocycles. The van der Waals surface area contributed by atoms with Crippen LogP contribution in [0.4, 0.5) is 0 Å². The third-order valence-corrected chi connectivity index (χ3v) is 5.35. The SMILES string of the molecule is O=C(CCN1CCN(C(=O)c2ccccc2)CC1)c1ccc2c(c1)CCO2. The molecule has 2 aromatic carbocycles. The van der Waals surface area contributed by atoms with E-state index in [0.29, 0.717) is 26.1 Å². The van der Waals surface area contributed by atoms with E-state index in [-0.39, 0.29) is 11.7 Å². The van der Waals surface area contributed by atoms with Gasteiger partial charge in [-0.3, -0.25) is 14.5 Å². The van der Waals surface area contributed by atoms with Gasteiger partial charge in [0.25, 0.3) is 5.91 Å². The summed E-state index contributed by atoms with van der Waals surface area (Å²) in [5.41, 5.74) is 2.65. The molecule has 0 bridgehead atoms. The molecule has 2 aliphatic rings. The Kier molecular flexibility index (Phi) is 5.21. The first-order valence-electron chi connectivity index (χ1n) is 9.56. The number of nitrogens with zero attached hydrogens (tertiary/aromatic N) is 2. The Balaban J connectivity index is 1.26. The van der Waals surface area contributed by atoms with Gasteiger partial charge in [0.2, 0.25) is 0 Å². The molecule has 140 valence electrons. The van der Waals surface area contributed by atoms with Gasteiger partial charge in [-0.25, -0.2) is 0 Å². The number of hydrogen-bond donors (Lipinski definition) is 0. The maximum Gasteiger partial charge on any atom is 0.253 e. The van der Waals surface area contributed by atoms with Gasteiger partial charge in [-0.2, -0.15) is 0 Å². The van der Waals surface area contributed by atoms with E-state index in [9.17, 15) is 9.59 Å². The summed E-state index contributed by atoms with van der Waals surface area (Å²) in [5, 5.41) is 0. The first-order chi connectivity index (χ1) is 13.2. The van der Waals surface area contributed by atoms with E-state index in [4.69, 9.17) is 4.74 Å². The molecule has 2 heterocycles. The number of ketones is 1. The highest BCUT2D eigenvalue weighted by molar-refractivity contribution is 5.96. The zero-order valence-corrected chi connectivity index (χ0v) is 15.4. The number of benzene rings is 2. The van der Waals surface area contributed by atoms with Crippen LogP contribution in [0.5, 0.6) is 5.75 Å². The summed E-state index contributed by atoms with van der Waals surface area (Å²) in [6.45, 7) is 4.47. The van der Waals surface area contributed by atoms with E-state index in [1.54, 1.807) is 0 Å². The van der Waals surface area contributed by atoms with Gasteiger partial charge in [0.1, 0.15) is 5.75 Å². The van der Waals surface area contributed by atoms with Gasteiger partial charge in [-0.1, -0.05) is 18.2 Å². The smallest absolute Gasteiger partial charge is 0.253 e. The topological polar surface area (TPSA) is 49.9 Å². The standard InChI is InChI=1S/C22H24N2O3/c25-20(18-6-7-21-19(16-18)9-15-27-21)8-10-23-11-13-24(14-12-23)22(26)17-4-2-1-3-5-17/h1-7,16H,8-15H2. The van der Waals surface area contributed by atoms with Crippen molar-refractivity contribution in [2.45, 2.75) is 12.8 Å². The molecule has 0 atom stereocenters. The van der Waals surface area contributed by atoms with Crippen LogP contribution >= 0.6 is 0 Å². The molecule has 0 spiro atoms.